The van der Waals surface area contributed by atoms with Gasteiger partial charge in [0.2, 0.25) is 11.8 Å². The lowest BCUT2D eigenvalue weighted by molar-refractivity contribution is -0.114. The first-order valence-corrected chi connectivity index (χ1v) is 8.61. The number of aromatic nitrogens is 2. The smallest absolute Gasteiger partial charge is 0.256 e. The number of aromatic amines is 1. The molecule has 0 unspecified atom stereocenters. The molecule has 142 valence electrons. The van der Waals surface area contributed by atoms with Crippen LogP contribution in [-0.4, -0.2) is 40.6 Å². The molecule has 5 N–H and O–H groups in total. The molecule has 1 aromatic heterocycles. The molecular weight excluding hydrogens is 358 g/mol. The number of hydrogen-bond donors (Lipinski definition) is 3. The maximum atomic E-state index is 12.8. The Morgan fingerprint density at radius 1 is 1.36 bits per heavy atom. The predicted octanol–water partition coefficient (Wildman–Crippen LogP) is 1.82. The number of carbonyl (C=O) groups is 2. The van der Waals surface area contributed by atoms with E-state index in [4.69, 9.17) is 16.2 Å². The van der Waals surface area contributed by atoms with Crippen molar-refractivity contribution in [2.45, 2.75) is 6.54 Å². The minimum atomic E-state index is -0.630. The number of nitrogen functional groups attached to an aromatic ring is 1. The van der Waals surface area contributed by atoms with E-state index in [9.17, 15) is 9.59 Å². The van der Waals surface area contributed by atoms with Crippen LogP contribution >= 0.6 is 0 Å². The van der Waals surface area contributed by atoms with E-state index in [1.807, 2.05) is 24.3 Å². The van der Waals surface area contributed by atoms with Crippen molar-refractivity contribution in [3.05, 3.63) is 53.6 Å². The summed E-state index contributed by atoms with van der Waals surface area (Å²) >= 11 is 0. The van der Waals surface area contributed by atoms with E-state index in [2.05, 4.69) is 16.8 Å². The Morgan fingerprint density at radius 2 is 2.14 bits per heavy atom. The first-order chi connectivity index (χ1) is 13.4. The molecule has 1 aliphatic rings. The summed E-state index contributed by atoms with van der Waals surface area (Å²) in [4.78, 5) is 25.7. The van der Waals surface area contributed by atoms with Gasteiger partial charge in [0.15, 0.2) is 0 Å². The molecule has 0 saturated carbocycles. The van der Waals surface area contributed by atoms with E-state index in [1.165, 1.54) is 4.90 Å². The van der Waals surface area contributed by atoms with Crippen molar-refractivity contribution < 1.29 is 14.3 Å². The summed E-state index contributed by atoms with van der Waals surface area (Å²) in [6.07, 6.45) is 0. The minimum absolute atomic E-state index is 0.0658. The first-order valence-electron chi connectivity index (χ1n) is 8.61. The van der Waals surface area contributed by atoms with Crippen molar-refractivity contribution >= 4 is 28.4 Å². The third-order valence-electron chi connectivity index (χ3n) is 4.96. The van der Waals surface area contributed by atoms with Crippen molar-refractivity contribution in [1.29, 1.82) is 0 Å². The van der Waals surface area contributed by atoms with E-state index < -0.39 is 5.91 Å². The molecule has 0 radical (unpaired) electrons. The summed E-state index contributed by atoms with van der Waals surface area (Å²) in [6.45, 7) is 4.03. The van der Waals surface area contributed by atoms with Crippen LogP contribution in [0.3, 0.4) is 0 Å². The van der Waals surface area contributed by atoms with Gasteiger partial charge in [0, 0.05) is 17.8 Å². The zero-order valence-electron chi connectivity index (χ0n) is 15.3. The molecule has 2 amide bonds. The fraction of sp³-hybridized carbons (Fsp3) is 0.150. The lowest BCUT2D eigenvalue weighted by atomic mass is 9.95. The van der Waals surface area contributed by atoms with Crippen molar-refractivity contribution in [1.82, 2.24) is 15.1 Å². The van der Waals surface area contributed by atoms with Crippen LogP contribution in [0, 0.1) is 0 Å². The average molecular weight is 377 g/mol. The summed E-state index contributed by atoms with van der Waals surface area (Å²) in [5.41, 5.74) is 15.8. The van der Waals surface area contributed by atoms with Crippen LogP contribution < -0.4 is 16.2 Å². The minimum Gasteiger partial charge on any atom is -0.480 e. The molecule has 0 fully saturated rings. The molecular formula is C20H19N5O3. The summed E-state index contributed by atoms with van der Waals surface area (Å²) in [5.74, 6) is -0.368. The number of methoxy groups -OCH3 is 1. The van der Waals surface area contributed by atoms with E-state index in [1.54, 1.807) is 13.2 Å². The third kappa shape index (κ3) is 2.66. The summed E-state index contributed by atoms with van der Waals surface area (Å²) in [7, 11) is 1.56. The lowest BCUT2D eigenvalue weighted by Gasteiger charge is -2.15. The van der Waals surface area contributed by atoms with Gasteiger partial charge in [-0.05, 0) is 34.9 Å². The number of nitrogens with one attached hydrogen (secondary N) is 1. The van der Waals surface area contributed by atoms with Gasteiger partial charge < -0.3 is 21.1 Å². The summed E-state index contributed by atoms with van der Waals surface area (Å²) in [6, 6.07) is 9.42. The highest BCUT2D eigenvalue weighted by Crippen LogP contribution is 2.37. The van der Waals surface area contributed by atoms with Crippen molar-refractivity contribution in [2.75, 3.05) is 19.4 Å². The molecule has 2 aromatic carbocycles. The Morgan fingerprint density at radius 3 is 2.86 bits per heavy atom. The Kier molecular flexibility index (Phi) is 4.03. The molecule has 3 aromatic rings. The number of hydrogen-bond acceptors (Lipinski definition) is 5. The number of amides is 2. The van der Waals surface area contributed by atoms with Gasteiger partial charge in [0.25, 0.3) is 5.91 Å². The molecule has 8 heteroatoms. The normalized spacial score (nSPS) is 13.0. The molecule has 2 heterocycles. The molecule has 4 rings (SSSR count). The zero-order valence-corrected chi connectivity index (χ0v) is 15.3. The number of primary amides is 1. The molecule has 0 aliphatic carbocycles. The maximum Gasteiger partial charge on any atom is 0.256 e. The second-order valence-electron chi connectivity index (χ2n) is 6.68. The van der Waals surface area contributed by atoms with Crippen LogP contribution in [0.15, 0.2) is 42.5 Å². The van der Waals surface area contributed by atoms with Gasteiger partial charge in [-0.15, -0.1) is 5.10 Å². The topological polar surface area (TPSA) is 127 Å². The number of rotatable bonds is 5. The lowest BCUT2D eigenvalue weighted by Crippen LogP contribution is -2.30. The summed E-state index contributed by atoms with van der Waals surface area (Å²) < 4.78 is 5.29. The van der Waals surface area contributed by atoms with E-state index >= 15 is 0 Å². The van der Waals surface area contributed by atoms with Crippen molar-refractivity contribution in [2.24, 2.45) is 5.73 Å². The second-order valence-corrected chi connectivity index (χ2v) is 6.68. The quantitative estimate of drug-likeness (QED) is 0.462. The van der Waals surface area contributed by atoms with Crippen LogP contribution in [0.25, 0.3) is 22.0 Å². The van der Waals surface area contributed by atoms with E-state index in [0.717, 1.165) is 27.6 Å². The maximum absolute atomic E-state index is 12.8. The van der Waals surface area contributed by atoms with Crippen LogP contribution in [0.5, 0.6) is 5.88 Å². The highest BCUT2D eigenvalue weighted by Gasteiger charge is 2.32. The molecule has 0 atom stereocenters. The van der Waals surface area contributed by atoms with Gasteiger partial charge in [-0.25, -0.2) is 0 Å². The fourth-order valence-electron chi connectivity index (χ4n) is 3.52. The number of ether oxygens (including phenoxy) is 1. The highest BCUT2D eigenvalue weighted by molar-refractivity contribution is 6.06. The van der Waals surface area contributed by atoms with Gasteiger partial charge >= 0.3 is 0 Å². The van der Waals surface area contributed by atoms with Crippen LogP contribution in [0.2, 0.25) is 0 Å². The number of fused-ring (bicyclic) bond motifs is 2. The van der Waals surface area contributed by atoms with Gasteiger partial charge in [-0.3, -0.25) is 14.7 Å². The monoisotopic (exact) mass is 377 g/mol. The predicted molar refractivity (Wildman–Crippen MR) is 106 cm³/mol. The SMILES string of the molecule is C=C(CN1Cc2c(-c3ccc4[nH]nc(OC)c4c3)ccc(N)c2C1=O)C(N)=O. The van der Waals surface area contributed by atoms with Crippen LogP contribution in [0.4, 0.5) is 5.69 Å². The van der Waals surface area contributed by atoms with Crippen LogP contribution in [0.1, 0.15) is 15.9 Å². The standard InChI is InChI=1S/C20H19N5O3/c1-10(18(22)26)8-25-9-14-12(4-5-15(21)17(14)20(25)27)11-3-6-16-13(7-11)19(28-2)24-23-16/h3-7H,1,8-9,21H2,2H3,(H2,22,26)(H,23,24). The second kappa shape index (κ2) is 6.41. The number of benzene rings is 2. The van der Waals surface area contributed by atoms with Crippen molar-refractivity contribution in [3.63, 3.8) is 0 Å². The molecule has 1 aliphatic heterocycles. The Balaban J connectivity index is 1.79. The number of H-pyrrole nitrogens is 1. The first kappa shape index (κ1) is 17.6. The average Bonchev–Trinajstić information content (AvgIpc) is 3.23. The number of anilines is 1. The van der Waals surface area contributed by atoms with Gasteiger partial charge in [0.1, 0.15) is 0 Å². The van der Waals surface area contributed by atoms with Gasteiger partial charge in [-0.1, -0.05) is 18.7 Å². The molecule has 28 heavy (non-hydrogen) atoms. The molecule has 0 spiro atoms. The molecule has 0 bridgehead atoms. The third-order valence-corrected chi connectivity index (χ3v) is 4.96. The van der Waals surface area contributed by atoms with E-state index in [-0.39, 0.29) is 18.0 Å². The van der Waals surface area contributed by atoms with E-state index in [0.29, 0.717) is 23.7 Å². The Bertz CT molecular complexity index is 1150. The van der Waals surface area contributed by atoms with Crippen LogP contribution in [-0.2, 0) is 11.3 Å². The molecule has 0 saturated heterocycles. The van der Waals surface area contributed by atoms with Crippen molar-refractivity contribution in [3.8, 4) is 17.0 Å². The molecule has 8 nitrogen and oxygen atoms in total. The zero-order chi connectivity index (χ0) is 20.0. The Labute approximate surface area is 160 Å². The summed E-state index contributed by atoms with van der Waals surface area (Å²) in [5, 5.41) is 7.88. The van der Waals surface area contributed by atoms with Gasteiger partial charge in [0.05, 0.1) is 30.1 Å². The number of carbonyl (C=O) groups excluding carboxylic acids is 2. The number of nitrogens with two attached hydrogens (primary N) is 2. The largest absolute Gasteiger partial charge is 0.480 e. The number of nitrogens with zero attached hydrogens (tertiary/aromatic N) is 2. The fourth-order valence-corrected chi connectivity index (χ4v) is 3.52. The Hall–Kier alpha value is -3.81. The van der Waals surface area contributed by atoms with Gasteiger partial charge in [-0.2, -0.15) is 0 Å². The highest BCUT2D eigenvalue weighted by atomic mass is 16.5.